The van der Waals surface area contributed by atoms with E-state index in [9.17, 15) is 9.59 Å². The minimum absolute atomic E-state index is 0.0972. The highest BCUT2D eigenvalue weighted by Gasteiger charge is 2.14. The Morgan fingerprint density at radius 1 is 0.547 bits per heavy atom. The summed E-state index contributed by atoms with van der Waals surface area (Å²) >= 11 is 6.98. The van der Waals surface area contributed by atoms with E-state index in [-0.39, 0.29) is 13.2 Å². The summed E-state index contributed by atoms with van der Waals surface area (Å²) in [6.07, 6.45) is 9.16. The average Bonchev–Trinajstić information content (AvgIpc) is 3.31. The van der Waals surface area contributed by atoms with E-state index in [0.717, 1.165) is 90.4 Å². The molecule has 330 valence electrons. The normalized spacial score (nSPS) is 11.8. The van der Waals surface area contributed by atoms with Crippen molar-refractivity contribution in [2.75, 3.05) is 26.4 Å². The molecule has 0 spiro atoms. The van der Waals surface area contributed by atoms with Gasteiger partial charge in [-0.2, -0.15) is 0 Å². The van der Waals surface area contributed by atoms with Gasteiger partial charge < -0.3 is 18.9 Å². The van der Waals surface area contributed by atoms with E-state index in [1.54, 1.807) is 48.5 Å². The number of esters is 2. The molecule has 0 aliphatic carbocycles. The van der Waals surface area contributed by atoms with Crippen molar-refractivity contribution in [3.63, 3.8) is 0 Å². The molecule has 6 rings (SSSR count). The summed E-state index contributed by atoms with van der Waals surface area (Å²) < 4.78 is 24.8. The number of carbonyl (C=O) groups is 2. The lowest BCUT2D eigenvalue weighted by atomic mass is 10.0. The predicted octanol–water partition coefficient (Wildman–Crippen LogP) is 13.3. The lowest BCUT2D eigenvalue weighted by Gasteiger charge is -2.16. The van der Waals surface area contributed by atoms with Crippen LogP contribution >= 0.6 is 31.9 Å². The first-order valence-electron chi connectivity index (χ1n) is 22.2. The Labute approximate surface area is 394 Å². The van der Waals surface area contributed by atoms with Gasteiger partial charge in [-0.25, -0.2) is 19.6 Å². The first-order chi connectivity index (χ1) is 31.2. The molecule has 64 heavy (non-hydrogen) atoms. The van der Waals surface area contributed by atoms with Crippen molar-refractivity contribution in [1.82, 2.24) is 9.97 Å². The van der Waals surface area contributed by atoms with Gasteiger partial charge in [0.25, 0.3) is 0 Å². The van der Waals surface area contributed by atoms with Crippen LogP contribution in [0, 0.1) is 35.5 Å². The minimum Gasteiger partial charge on any atom is -0.493 e. The monoisotopic (exact) mass is 984 g/mol. The highest BCUT2D eigenvalue weighted by molar-refractivity contribution is 9.10. The topological polar surface area (TPSA) is 96.8 Å². The molecular weight excluding hydrogens is 932 g/mol. The summed E-state index contributed by atoms with van der Waals surface area (Å²) in [4.78, 5) is 35.0. The van der Waals surface area contributed by atoms with Crippen LogP contribution in [0.3, 0.4) is 0 Å². The lowest BCUT2D eigenvalue weighted by molar-refractivity contribution is 0.0265. The maximum atomic E-state index is 12.8. The average molecular weight is 987 g/mol. The summed E-state index contributed by atoms with van der Waals surface area (Å²) in [6.45, 7) is 9.95. The van der Waals surface area contributed by atoms with Gasteiger partial charge in [0.15, 0.2) is 0 Å². The highest BCUT2D eigenvalue weighted by atomic mass is 79.9. The Hall–Kier alpha value is -5.68. The van der Waals surface area contributed by atoms with Gasteiger partial charge in [0.2, 0.25) is 0 Å². The molecule has 0 aliphatic rings. The second kappa shape index (κ2) is 24.4. The lowest BCUT2D eigenvalue weighted by Crippen LogP contribution is -2.14. The molecule has 2 heterocycles. The third-order valence-corrected chi connectivity index (χ3v) is 11.9. The molecule has 2 atom stereocenters. The van der Waals surface area contributed by atoms with Crippen LogP contribution in [0.25, 0.3) is 21.8 Å². The van der Waals surface area contributed by atoms with Crippen LogP contribution in [0.15, 0.2) is 106 Å². The van der Waals surface area contributed by atoms with Gasteiger partial charge in [0, 0.05) is 21.9 Å². The molecule has 0 saturated heterocycles. The molecule has 0 fully saturated rings. The zero-order valence-corrected chi connectivity index (χ0v) is 40.1. The zero-order chi connectivity index (χ0) is 45.3. The van der Waals surface area contributed by atoms with Crippen molar-refractivity contribution in [3.8, 4) is 35.2 Å². The summed E-state index contributed by atoms with van der Waals surface area (Å²) in [6, 6.07) is 29.4. The van der Waals surface area contributed by atoms with Gasteiger partial charge in [0.05, 0.1) is 46.5 Å². The fourth-order valence-corrected chi connectivity index (χ4v) is 7.66. The van der Waals surface area contributed by atoms with Crippen molar-refractivity contribution >= 4 is 65.6 Å². The Balaban J connectivity index is 1.01. The van der Waals surface area contributed by atoms with E-state index in [1.807, 2.05) is 48.5 Å². The molecule has 0 bridgehead atoms. The Kier molecular flexibility index (Phi) is 18.2. The number of unbranched alkanes of at least 4 members (excludes halogenated alkanes) is 2. The third-order valence-electron chi connectivity index (χ3n) is 11.0. The number of pyridine rings is 2. The van der Waals surface area contributed by atoms with E-state index in [1.165, 1.54) is 25.7 Å². The van der Waals surface area contributed by atoms with Gasteiger partial charge in [-0.3, -0.25) is 0 Å². The number of aromatic nitrogens is 2. The molecule has 10 heteroatoms. The Bertz CT molecular complexity index is 2480. The molecule has 0 aliphatic heterocycles. The van der Waals surface area contributed by atoms with Crippen LogP contribution in [0.4, 0.5) is 0 Å². The quantitative estimate of drug-likeness (QED) is 0.0343. The van der Waals surface area contributed by atoms with E-state index >= 15 is 0 Å². The molecular formula is C54H54Br2N2O6. The van der Waals surface area contributed by atoms with Crippen LogP contribution in [0.5, 0.6) is 11.5 Å². The predicted molar refractivity (Wildman–Crippen MR) is 262 cm³/mol. The maximum absolute atomic E-state index is 12.8. The number of fused-ring (bicyclic) bond motifs is 2. The molecule has 4 aromatic carbocycles. The maximum Gasteiger partial charge on any atom is 0.338 e. The number of halogens is 2. The SMILES string of the molecule is CCCCC(CC)COc1cc(C#Cc2ccc(C(=O)OCCOC(=O)c3ccc(C#Cc4cc(OCC(CC)CCCC)cc5ccc(Br)nc45)cc3)cc2)c2nc(Br)ccc2c1. The molecule has 8 nitrogen and oxygen atoms in total. The van der Waals surface area contributed by atoms with Gasteiger partial charge >= 0.3 is 11.9 Å². The van der Waals surface area contributed by atoms with Crippen molar-refractivity contribution < 1.29 is 28.5 Å². The number of benzene rings is 4. The number of ether oxygens (including phenoxy) is 4. The van der Waals surface area contributed by atoms with Crippen molar-refractivity contribution in [2.45, 2.75) is 79.1 Å². The second-order valence-corrected chi connectivity index (χ2v) is 17.4. The van der Waals surface area contributed by atoms with Gasteiger partial charge in [-0.05, 0) is 154 Å². The first kappa shape index (κ1) is 47.8. The van der Waals surface area contributed by atoms with Crippen LogP contribution < -0.4 is 9.47 Å². The van der Waals surface area contributed by atoms with E-state index in [2.05, 4.69) is 93.2 Å². The molecule has 6 aromatic rings. The second-order valence-electron chi connectivity index (χ2n) is 15.7. The Morgan fingerprint density at radius 2 is 0.953 bits per heavy atom. The molecule has 2 aromatic heterocycles. The molecule has 0 saturated carbocycles. The highest BCUT2D eigenvalue weighted by Crippen LogP contribution is 2.28. The van der Waals surface area contributed by atoms with Crippen LogP contribution in [-0.4, -0.2) is 48.3 Å². The summed E-state index contributed by atoms with van der Waals surface area (Å²) in [7, 11) is 0. The zero-order valence-electron chi connectivity index (χ0n) is 37.0. The van der Waals surface area contributed by atoms with E-state index in [4.69, 9.17) is 18.9 Å². The molecule has 0 N–H and O–H groups in total. The van der Waals surface area contributed by atoms with Crippen LogP contribution in [0.1, 0.15) is 122 Å². The fourth-order valence-electron chi connectivity index (χ4n) is 7.04. The number of nitrogens with zero attached hydrogens (tertiary/aromatic N) is 2. The number of carbonyl (C=O) groups excluding carboxylic acids is 2. The van der Waals surface area contributed by atoms with E-state index in [0.29, 0.717) is 36.2 Å². The summed E-state index contributed by atoms with van der Waals surface area (Å²) in [5, 5.41) is 1.88. The largest absolute Gasteiger partial charge is 0.493 e. The number of rotatable bonds is 19. The summed E-state index contributed by atoms with van der Waals surface area (Å²) in [5.41, 5.74) is 5.21. The summed E-state index contributed by atoms with van der Waals surface area (Å²) in [5.74, 6) is 14.4. The molecule has 0 radical (unpaired) electrons. The van der Waals surface area contributed by atoms with Gasteiger partial charge in [-0.15, -0.1) is 0 Å². The van der Waals surface area contributed by atoms with Crippen molar-refractivity contribution in [3.05, 3.63) is 140 Å². The first-order valence-corrected chi connectivity index (χ1v) is 23.8. The number of hydrogen-bond donors (Lipinski definition) is 0. The smallest absolute Gasteiger partial charge is 0.338 e. The third kappa shape index (κ3) is 13.9. The standard InChI is InChI=1S/C54H54Br2N2O6/c1-5-9-11-37(7-3)35-63-47-31-43(51-45(33-47)25-27-49(55)57-51)23-17-39-13-19-41(20-14-39)53(59)61-29-30-62-54(60)42-21-15-40(16-22-42)18-24-44-32-48(64-36-38(8-4)12-10-6-2)34-46-26-28-50(56)58-52(44)46/h13-16,19-22,25-28,31-34,37-38H,5-12,29-30,35-36H2,1-4H3. The van der Waals surface area contributed by atoms with Crippen molar-refractivity contribution in [1.29, 1.82) is 0 Å². The molecule has 0 amide bonds. The van der Waals surface area contributed by atoms with Crippen molar-refractivity contribution in [2.24, 2.45) is 11.8 Å². The Morgan fingerprint density at radius 3 is 1.33 bits per heavy atom. The fraction of sp³-hybridized carbons (Fsp3) is 0.333. The van der Waals surface area contributed by atoms with Crippen LogP contribution in [-0.2, 0) is 9.47 Å². The minimum atomic E-state index is -0.530. The molecule has 2 unspecified atom stereocenters. The number of hydrogen-bond acceptors (Lipinski definition) is 8. The van der Waals surface area contributed by atoms with Crippen LogP contribution in [0.2, 0.25) is 0 Å². The van der Waals surface area contributed by atoms with E-state index < -0.39 is 11.9 Å². The van der Waals surface area contributed by atoms with Gasteiger partial charge in [0.1, 0.15) is 33.9 Å². The van der Waals surface area contributed by atoms with Gasteiger partial charge in [-0.1, -0.05) is 89.9 Å².